The van der Waals surface area contributed by atoms with E-state index in [1.54, 1.807) is 4.90 Å². The standard InChI is InChI=1S/C16H16ClF3N4O3S/c1-8-12(17)13(16(18,19)20)22-24(8)6-11(25)23-4-2-9(3-5-23)14-21-10(7-28-14)15(26)27/h7,9H,2-6H2,1H3,(H,26,27). The zero-order valence-electron chi connectivity index (χ0n) is 14.7. The van der Waals surface area contributed by atoms with E-state index in [1.807, 2.05) is 0 Å². The molecule has 0 unspecified atom stereocenters. The van der Waals surface area contributed by atoms with Gasteiger partial charge in [-0.1, -0.05) is 11.6 Å². The van der Waals surface area contributed by atoms with Gasteiger partial charge in [-0.3, -0.25) is 9.48 Å². The molecule has 1 aliphatic heterocycles. The molecule has 1 saturated heterocycles. The maximum Gasteiger partial charge on any atom is 0.436 e. The first-order valence-electron chi connectivity index (χ1n) is 8.34. The second-order valence-electron chi connectivity index (χ2n) is 6.43. The largest absolute Gasteiger partial charge is 0.476 e. The molecule has 1 N–H and O–H groups in total. The topological polar surface area (TPSA) is 88.3 Å². The first kappa shape index (κ1) is 20.6. The van der Waals surface area contributed by atoms with Gasteiger partial charge in [0.15, 0.2) is 11.4 Å². The van der Waals surface area contributed by atoms with Gasteiger partial charge in [0.25, 0.3) is 0 Å². The number of halogens is 4. The van der Waals surface area contributed by atoms with Crippen LogP contribution in [0.2, 0.25) is 5.02 Å². The number of aromatic carboxylic acids is 1. The van der Waals surface area contributed by atoms with Crippen LogP contribution in [-0.4, -0.2) is 49.7 Å². The molecule has 12 heteroatoms. The molecule has 2 aromatic heterocycles. The number of alkyl halides is 3. The number of rotatable bonds is 4. The predicted octanol–water partition coefficient (Wildman–Crippen LogP) is 3.42. The minimum Gasteiger partial charge on any atom is -0.476 e. The van der Waals surface area contributed by atoms with Gasteiger partial charge in [0, 0.05) is 24.4 Å². The SMILES string of the molecule is Cc1c(Cl)c(C(F)(F)F)nn1CC(=O)N1CCC(c2nc(C(=O)O)cs2)CC1. The monoisotopic (exact) mass is 436 g/mol. The Morgan fingerprint density at radius 1 is 1.36 bits per heavy atom. The van der Waals surface area contributed by atoms with Crippen LogP contribution in [0.1, 0.15) is 45.6 Å². The van der Waals surface area contributed by atoms with Gasteiger partial charge < -0.3 is 10.0 Å². The number of carboxylic acids is 1. The maximum absolute atomic E-state index is 12.9. The fraction of sp³-hybridized carbons (Fsp3) is 0.500. The number of hydrogen-bond donors (Lipinski definition) is 1. The summed E-state index contributed by atoms with van der Waals surface area (Å²) in [7, 11) is 0. The zero-order valence-corrected chi connectivity index (χ0v) is 16.2. The van der Waals surface area contributed by atoms with Crippen LogP contribution in [0.4, 0.5) is 13.2 Å². The summed E-state index contributed by atoms with van der Waals surface area (Å²) in [6, 6.07) is 0. The third-order valence-corrected chi connectivity index (χ3v) is 6.08. The normalized spacial score (nSPS) is 15.8. The lowest BCUT2D eigenvalue weighted by molar-refractivity contribution is -0.142. The number of thiazole rings is 1. The summed E-state index contributed by atoms with van der Waals surface area (Å²) in [5.74, 6) is -1.37. The minimum absolute atomic E-state index is 0.00464. The fourth-order valence-electron chi connectivity index (χ4n) is 3.04. The van der Waals surface area contributed by atoms with Gasteiger partial charge in [0.2, 0.25) is 5.91 Å². The number of nitrogens with zero attached hydrogens (tertiary/aromatic N) is 4. The van der Waals surface area contributed by atoms with Crippen molar-refractivity contribution >= 4 is 34.8 Å². The molecule has 0 aromatic carbocycles. The number of carbonyl (C=O) groups is 2. The van der Waals surface area contributed by atoms with Crippen molar-refractivity contribution in [2.45, 2.75) is 38.4 Å². The number of piperidine rings is 1. The van der Waals surface area contributed by atoms with Gasteiger partial charge in [-0.15, -0.1) is 11.3 Å². The summed E-state index contributed by atoms with van der Waals surface area (Å²) in [5, 5.41) is 14.1. The van der Waals surface area contributed by atoms with Gasteiger partial charge >= 0.3 is 12.1 Å². The van der Waals surface area contributed by atoms with Crippen molar-refractivity contribution in [3.63, 3.8) is 0 Å². The molecule has 1 aliphatic rings. The quantitative estimate of drug-likeness (QED) is 0.793. The van der Waals surface area contributed by atoms with Crippen LogP contribution in [-0.2, 0) is 17.5 Å². The Morgan fingerprint density at radius 2 is 2.00 bits per heavy atom. The Bertz CT molecular complexity index is 904. The summed E-state index contributed by atoms with van der Waals surface area (Å²) in [6.07, 6.45) is -3.48. The zero-order chi connectivity index (χ0) is 20.6. The highest BCUT2D eigenvalue weighted by molar-refractivity contribution is 7.09. The van der Waals surface area contributed by atoms with Crippen molar-refractivity contribution in [1.29, 1.82) is 0 Å². The predicted molar refractivity (Wildman–Crippen MR) is 94.6 cm³/mol. The van der Waals surface area contributed by atoms with Crippen molar-refractivity contribution in [3.05, 3.63) is 32.5 Å². The van der Waals surface area contributed by atoms with Crippen LogP contribution in [0, 0.1) is 6.92 Å². The molecule has 152 valence electrons. The molecule has 0 bridgehead atoms. The van der Waals surface area contributed by atoms with Gasteiger partial charge in [-0.05, 0) is 19.8 Å². The highest BCUT2D eigenvalue weighted by Crippen LogP contribution is 2.35. The number of aromatic nitrogens is 3. The van der Waals surface area contributed by atoms with E-state index in [2.05, 4.69) is 10.1 Å². The molecular weight excluding hydrogens is 421 g/mol. The van der Waals surface area contributed by atoms with Gasteiger partial charge in [0.05, 0.1) is 15.7 Å². The summed E-state index contributed by atoms with van der Waals surface area (Å²) in [6.45, 7) is 1.87. The van der Waals surface area contributed by atoms with E-state index >= 15 is 0 Å². The van der Waals surface area contributed by atoms with Crippen LogP contribution in [0.15, 0.2) is 5.38 Å². The molecule has 3 heterocycles. The van der Waals surface area contributed by atoms with Crippen molar-refractivity contribution in [2.75, 3.05) is 13.1 Å². The Labute approximate surface area is 166 Å². The summed E-state index contributed by atoms with van der Waals surface area (Å²) >= 11 is 6.98. The summed E-state index contributed by atoms with van der Waals surface area (Å²) in [5.41, 5.74) is -1.11. The molecule has 0 radical (unpaired) electrons. The third kappa shape index (κ3) is 4.14. The number of likely N-dealkylation sites (tertiary alicyclic amines) is 1. The smallest absolute Gasteiger partial charge is 0.436 e. The van der Waals surface area contributed by atoms with Crippen molar-refractivity contribution in [2.24, 2.45) is 0 Å². The average Bonchev–Trinajstić information content (AvgIpc) is 3.22. The second-order valence-corrected chi connectivity index (χ2v) is 7.70. The molecular formula is C16H16ClF3N4O3S. The van der Waals surface area contributed by atoms with Gasteiger partial charge in [-0.25, -0.2) is 9.78 Å². The molecule has 0 aliphatic carbocycles. The third-order valence-electron chi connectivity index (χ3n) is 4.62. The molecule has 0 atom stereocenters. The summed E-state index contributed by atoms with van der Waals surface area (Å²) < 4.78 is 39.6. The highest BCUT2D eigenvalue weighted by atomic mass is 35.5. The van der Waals surface area contributed by atoms with E-state index in [0.29, 0.717) is 30.9 Å². The number of amides is 1. The maximum atomic E-state index is 12.9. The average molecular weight is 437 g/mol. The van der Waals surface area contributed by atoms with E-state index in [0.717, 1.165) is 4.68 Å². The van der Waals surface area contributed by atoms with Crippen LogP contribution >= 0.6 is 22.9 Å². The van der Waals surface area contributed by atoms with Crippen LogP contribution < -0.4 is 0 Å². The van der Waals surface area contributed by atoms with E-state index in [9.17, 15) is 22.8 Å². The minimum atomic E-state index is -4.68. The van der Waals surface area contributed by atoms with Crippen molar-refractivity contribution < 1.29 is 27.9 Å². The lowest BCUT2D eigenvalue weighted by Gasteiger charge is -2.31. The van der Waals surface area contributed by atoms with Crippen molar-refractivity contribution in [1.82, 2.24) is 19.7 Å². The van der Waals surface area contributed by atoms with E-state index in [1.165, 1.54) is 23.6 Å². The molecule has 1 fully saturated rings. The lowest BCUT2D eigenvalue weighted by Crippen LogP contribution is -2.40. The van der Waals surface area contributed by atoms with Gasteiger partial charge in [0.1, 0.15) is 6.54 Å². The molecule has 28 heavy (non-hydrogen) atoms. The Morgan fingerprint density at radius 3 is 2.50 bits per heavy atom. The van der Waals surface area contributed by atoms with Gasteiger partial charge in [-0.2, -0.15) is 18.3 Å². The van der Waals surface area contributed by atoms with Crippen molar-refractivity contribution in [3.8, 4) is 0 Å². The number of carboxylic acid groups (broad SMARTS) is 1. The van der Waals surface area contributed by atoms with Crippen LogP contribution in [0.3, 0.4) is 0 Å². The molecule has 0 spiro atoms. The lowest BCUT2D eigenvalue weighted by atomic mass is 9.97. The van der Waals surface area contributed by atoms with E-state index in [-0.39, 0.29) is 29.8 Å². The Hall–Kier alpha value is -2.14. The molecule has 3 rings (SSSR count). The summed E-state index contributed by atoms with van der Waals surface area (Å²) in [4.78, 5) is 29.1. The first-order chi connectivity index (χ1) is 13.1. The molecule has 0 saturated carbocycles. The Balaban J connectivity index is 1.62. The highest BCUT2D eigenvalue weighted by Gasteiger charge is 2.38. The fourth-order valence-corrected chi connectivity index (χ4v) is 4.24. The molecule has 2 aromatic rings. The Kier molecular flexibility index (Phi) is 5.67. The molecule has 1 amide bonds. The second kappa shape index (κ2) is 7.70. The molecule has 7 nitrogen and oxygen atoms in total. The van der Waals surface area contributed by atoms with E-state index < -0.39 is 22.9 Å². The van der Waals surface area contributed by atoms with Crippen LogP contribution in [0.5, 0.6) is 0 Å². The number of hydrogen-bond acceptors (Lipinski definition) is 5. The van der Waals surface area contributed by atoms with E-state index in [4.69, 9.17) is 16.7 Å². The first-order valence-corrected chi connectivity index (χ1v) is 9.60. The van der Waals surface area contributed by atoms with Crippen LogP contribution in [0.25, 0.3) is 0 Å². The number of carbonyl (C=O) groups excluding carboxylic acids is 1.